The molecule has 10 nitrogen and oxygen atoms in total. The molecule has 0 saturated carbocycles. The lowest BCUT2D eigenvalue weighted by Gasteiger charge is -2.24. The summed E-state index contributed by atoms with van der Waals surface area (Å²) in [5.41, 5.74) is 0.596. The van der Waals surface area contributed by atoms with Crippen molar-refractivity contribution in [2.45, 2.75) is 38.9 Å². The van der Waals surface area contributed by atoms with Crippen molar-refractivity contribution in [3.8, 4) is 0 Å². The van der Waals surface area contributed by atoms with E-state index in [-0.39, 0.29) is 24.9 Å². The molecule has 1 fully saturated rings. The standard InChI is InChI=1S/C13H21N7O3/c1-3-22-11-9-10(16-13(17-11)18-19-14)20(6-15-9)12-7(2)4-8(5-21)23-12/h6-8,12-13,16,21H,3-5H2,1-2H3,(H2,14,18)/t7-,8-,12+,13?/m0/s1. The summed E-state index contributed by atoms with van der Waals surface area (Å²) in [7, 11) is 0. The average Bonchev–Trinajstić information content (AvgIpc) is 3.11. The van der Waals surface area contributed by atoms with E-state index in [0.717, 1.165) is 6.42 Å². The van der Waals surface area contributed by atoms with Crippen LogP contribution in [0, 0.1) is 5.92 Å². The van der Waals surface area contributed by atoms with E-state index in [1.54, 1.807) is 6.33 Å². The lowest BCUT2D eigenvalue weighted by molar-refractivity contribution is -0.0303. The number of hydrogen-bond donors (Lipinski definition) is 3. The number of hydrogen-bond acceptors (Lipinski definition) is 8. The fourth-order valence-electron chi connectivity index (χ4n) is 2.92. The number of aliphatic hydroxyl groups is 1. The smallest absolute Gasteiger partial charge is 0.242 e. The van der Waals surface area contributed by atoms with Crippen molar-refractivity contribution in [1.29, 1.82) is 0 Å². The Morgan fingerprint density at radius 3 is 3.09 bits per heavy atom. The molecule has 0 bridgehead atoms. The van der Waals surface area contributed by atoms with Gasteiger partial charge in [-0.1, -0.05) is 12.1 Å². The van der Waals surface area contributed by atoms with Gasteiger partial charge in [0.05, 0.1) is 25.6 Å². The van der Waals surface area contributed by atoms with E-state index in [1.165, 1.54) is 0 Å². The number of anilines is 1. The second-order valence-corrected chi connectivity index (χ2v) is 5.51. The Kier molecular flexibility index (Phi) is 4.44. The molecule has 4 atom stereocenters. The lowest BCUT2D eigenvalue weighted by atomic mass is 10.1. The molecular weight excluding hydrogens is 302 g/mol. The van der Waals surface area contributed by atoms with E-state index >= 15 is 0 Å². The van der Waals surface area contributed by atoms with E-state index in [1.807, 2.05) is 11.5 Å². The minimum absolute atomic E-state index is 0.000816. The largest absolute Gasteiger partial charge is 0.476 e. The average molecular weight is 323 g/mol. The Morgan fingerprint density at radius 2 is 2.43 bits per heavy atom. The molecule has 0 aromatic carbocycles. The fourth-order valence-corrected chi connectivity index (χ4v) is 2.92. The van der Waals surface area contributed by atoms with Gasteiger partial charge in [-0.25, -0.2) is 9.98 Å². The fraction of sp³-hybridized carbons (Fsp3) is 0.692. The van der Waals surface area contributed by atoms with Crippen molar-refractivity contribution >= 4 is 11.7 Å². The normalized spacial score (nSPS) is 30.1. The summed E-state index contributed by atoms with van der Waals surface area (Å²) < 4.78 is 13.3. The van der Waals surface area contributed by atoms with Crippen molar-refractivity contribution in [1.82, 2.24) is 9.55 Å². The first-order chi connectivity index (χ1) is 11.2. The SMILES string of the molecule is CCOC1=NC(N=NN)Nc2c1ncn2[C@@H]1O[C@H](CO)C[C@@H]1C. The van der Waals surface area contributed by atoms with E-state index in [9.17, 15) is 5.11 Å². The summed E-state index contributed by atoms with van der Waals surface area (Å²) in [6.07, 6.45) is 1.39. The topological polar surface area (TPSA) is 132 Å². The van der Waals surface area contributed by atoms with Crippen molar-refractivity contribution in [3.05, 3.63) is 12.0 Å². The Bertz CT molecular complexity index is 615. The number of imidazole rings is 1. The zero-order valence-electron chi connectivity index (χ0n) is 13.1. The van der Waals surface area contributed by atoms with Crippen LogP contribution in [0.15, 0.2) is 21.7 Å². The van der Waals surface area contributed by atoms with Crippen LogP contribution >= 0.6 is 0 Å². The van der Waals surface area contributed by atoms with Gasteiger partial charge in [0.25, 0.3) is 0 Å². The highest BCUT2D eigenvalue weighted by Crippen LogP contribution is 2.37. The molecule has 10 heteroatoms. The summed E-state index contributed by atoms with van der Waals surface area (Å²) in [6, 6.07) is 0. The minimum Gasteiger partial charge on any atom is -0.476 e. The molecule has 0 aliphatic carbocycles. The van der Waals surface area contributed by atoms with Crippen LogP contribution in [0.5, 0.6) is 0 Å². The van der Waals surface area contributed by atoms with Gasteiger partial charge in [-0.2, -0.15) is 0 Å². The van der Waals surface area contributed by atoms with Gasteiger partial charge < -0.3 is 25.7 Å². The van der Waals surface area contributed by atoms with Gasteiger partial charge in [0.2, 0.25) is 12.2 Å². The Morgan fingerprint density at radius 1 is 1.61 bits per heavy atom. The number of fused-ring (bicyclic) bond motifs is 1. The number of aliphatic imine (C=N–C) groups is 1. The van der Waals surface area contributed by atoms with E-state index in [0.29, 0.717) is 24.0 Å². The molecule has 4 N–H and O–H groups in total. The number of ether oxygens (including phenoxy) is 2. The second kappa shape index (κ2) is 6.50. The van der Waals surface area contributed by atoms with Gasteiger partial charge in [0.1, 0.15) is 12.0 Å². The molecule has 3 heterocycles. The van der Waals surface area contributed by atoms with Crippen LogP contribution in [0.25, 0.3) is 0 Å². The van der Waals surface area contributed by atoms with E-state index < -0.39 is 6.29 Å². The predicted molar refractivity (Wildman–Crippen MR) is 81.6 cm³/mol. The minimum atomic E-state index is -0.671. The Labute approximate surface area is 133 Å². The molecule has 2 aliphatic heterocycles. The Balaban J connectivity index is 1.93. The van der Waals surface area contributed by atoms with Gasteiger partial charge >= 0.3 is 0 Å². The van der Waals surface area contributed by atoms with E-state index in [4.69, 9.17) is 15.3 Å². The van der Waals surface area contributed by atoms with Gasteiger partial charge in [0, 0.05) is 5.92 Å². The first kappa shape index (κ1) is 15.7. The number of nitrogens with zero attached hydrogens (tertiary/aromatic N) is 5. The molecule has 1 unspecified atom stereocenters. The quantitative estimate of drug-likeness (QED) is 0.423. The maximum absolute atomic E-state index is 9.32. The third kappa shape index (κ3) is 2.86. The molecule has 2 aliphatic rings. The van der Waals surface area contributed by atoms with E-state index in [2.05, 4.69) is 32.6 Å². The van der Waals surface area contributed by atoms with Crippen LogP contribution in [-0.4, -0.2) is 46.2 Å². The van der Waals surface area contributed by atoms with Crippen LogP contribution in [0.3, 0.4) is 0 Å². The monoisotopic (exact) mass is 323 g/mol. The lowest BCUT2D eigenvalue weighted by Crippen LogP contribution is -2.28. The maximum Gasteiger partial charge on any atom is 0.242 e. The first-order valence-electron chi connectivity index (χ1n) is 7.58. The summed E-state index contributed by atoms with van der Waals surface area (Å²) in [4.78, 5) is 8.66. The Hall–Kier alpha value is -2.20. The molecular formula is C13H21N7O3. The van der Waals surface area contributed by atoms with Crippen molar-refractivity contribution in [3.63, 3.8) is 0 Å². The van der Waals surface area contributed by atoms with Gasteiger partial charge in [-0.05, 0) is 13.3 Å². The maximum atomic E-state index is 9.32. The molecule has 0 radical (unpaired) electrons. The summed E-state index contributed by atoms with van der Waals surface area (Å²) in [5.74, 6) is 6.44. The summed E-state index contributed by atoms with van der Waals surface area (Å²) in [6.45, 7) is 4.40. The molecule has 1 saturated heterocycles. The van der Waals surface area contributed by atoms with Crippen molar-refractivity contribution in [2.24, 2.45) is 27.1 Å². The number of aromatic nitrogens is 2. The summed E-state index contributed by atoms with van der Waals surface area (Å²) in [5, 5.41) is 19.5. The van der Waals surface area contributed by atoms with Crippen LogP contribution in [0.4, 0.5) is 5.82 Å². The highest BCUT2D eigenvalue weighted by molar-refractivity contribution is 5.98. The molecule has 1 aromatic rings. The highest BCUT2D eigenvalue weighted by Gasteiger charge is 2.36. The zero-order valence-corrected chi connectivity index (χ0v) is 13.1. The van der Waals surface area contributed by atoms with Gasteiger partial charge in [-0.15, -0.1) is 5.11 Å². The van der Waals surface area contributed by atoms with Crippen molar-refractivity contribution in [2.75, 3.05) is 18.5 Å². The number of nitrogens with two attached hydrogens (primary N) is 1. The van der Waals surface area contributed by atoms with Crippen LogP contribution in [-0.2, 0) is 9.47 Å². The van der Waals surface area contributed by atoms with Crippen LogP contribution < -0.4 is 11.2 Å². The number of aliphatic hydroxyl groups excluding tert-OH is 1. The molecule has 23 heavy (non-hydrogen) atoms. The van der Waals surface area contributed by atoms with Gasteiger partial charge in [-0.3, -0.25) is 4.57 Å². The van der Waals surface area contributed by atoms with Crippen molar-refractivity contribution < 1.29 is 14.6 Å². The third-order valence-corrected chi connectivity index (χ3v) is 3.89. The summed E-state index contributed by atoms with van der Waals surface area (Å²) >= 11 is 0. The molecule has 1 aromatic heterocycles. The zero-order chi connectivity index (χ0) is 16.4. The third-order valence-electron chi connectivity index (χ3n) is 3.89. The number of rotatable bonds is 4. The second-order valence-electron chi connectivity index (χ2n) is 5.51. The van der Waals surface area contributed by atoms with Crippen LogP contribution in [0.1, 0.15) is 32.2 Å². The highest BCUT2D eigenvalue weighted by atomic mass is 16.5. The molecule has 0 amide bonds. The molecule has 0 spiro atoms. The number of nitrogens with one attached hydrogen (secondary N) is 1. The van der Waals surface area contributed by atoms with Crippen LogP contribution in [0.2, 0.25) is 0 Å². The first-order valence-corrected chi connectivity index (χ1v) is 7.58. The predicted octanol–water partition coefficient (Wildman–Crippen LogP) is 0.617. The molecule has 126 valence electrons. The molecule has 3 rings (SSSR count). The van der Waals surface area contributed by atoms with Gasteiger partial charge in [0.15, 0.2) is 5.69 Å².